The van der Waals surface area contributed by atoms with E-state index in [-0.39, 0.29) is 24.3 Å². The maximum absolute atomic E-state index is 13.1. The molecule has 0 saturated carbocycles. The molecule has 2 saturated heterocycles. The molecule has 3 amide bonds. The summed E-state index contributed by atoms with van der Waals surface area (Å²) in [6.45, 7) is 2.85. The number of rotatable bonds is 4. The molecule has 1 atom stereocenters. The third kappa shape index (κ3) is 3.98. The number of hydrogen-bond donors (Lipinski definition) is 2. The molecule has 0 aliphatic carbocycles. The van der Waals surface area contributed by atoms with Crippen molar-refractivity contribution in [1.29, 1.82) is 0 Å². The Labute approximate surface area is 208 Å². The molecule has 0 bridgehead atoms. The summed E-state index contributed by atoms with van der Waals surface area (Å²) in [5.41, 5.74) is 5.31. The first-order chi connectivity index (χ1) is 17.4. The third-order valence-electron chi connectivity index (χ3n) is 7.69. The molecule has 2 N–H and O–H groups in total. The van der Waals surface area contributed by atoms with Gasteiger partial charge in [-0.2, -0.15) is 0 Å². The molecule has 9 heteroatoms. The fourth-order valence-electron chi connectivity index (χ4n) is 5.63. The van der Waals surface area contributed by atoms with E-state index in [1.807, 2.05) is 36.0 Å². The average Bonchev–Trinajstić information content (AvgIpc) is 3.40. The number of pyridine rings is 1. The summed E-state index contributed by atoms with van der Waals surface area (Å²) in [5, 5.41) is 13.3. The van der Waals surface area contributed by atoms with Crippen molar-refractivity contribution in [3.63, 3.8) is 0 Å². The summed E-state index contributed by atoms with van der Waals surface area (Å²) in [4.78, 5) is 45.9. The highest BCUT2D eigenvalue weighted by Crippen LogP contribution is 2.32. The van der Waals surface area contributed by atoms with Gasteiger partial charge in [0, 0.05) is 62.4 Å². The topological polar surface area (TPSA) is 108 Å². The number of amides is 3. The lowest BCUT2D eigenvalue weighted by Crippen LogP contribution is -2.52. The Morgan fingerprint density at radius 1 is 1.08 bits per heavy atom. The number of aromatic nitrogens is 2. The van der Waals surface area contributed by atoms with E-state index < -0.39 is 11.9 Å². The van der Waals surface area contributed by atoms with E-state index >= 15 is 0 Å². The summed E-state index contributed by atoms with van der Waals surface area (Å²) in [6.07, 6.45) is 3.97. The van der Waals surface area contributed by atoms with Crippen molar-refractivity contribution in [2.24, 2.45) is 7.05 Å². The molecule has 36 heavy (non-hydrogen) atoms. The summed E-state index contributed by atoms with van der Waals surface area (Å²) < 4.78 is 2.02. The van der Waals surface area contributed by atoms with Crippen molar-refractivity contribution in [2.45, 2.75) is 50.9 Å². The Balaban J connectivity index is 1.31. The monoisotopic (exact) mass is 487 g/mol. The van der Waals surface area contributed by atoms with Crippen LogP contribution in [0.25, 0.3) is 22.3 Å². The van der Waals surface area contributed by atoms with Crippen LogP contribution in [-0.4, -0.2) is 67.4 Å². The van der Waals surface area contributed by atoms with Gasteiger partial charge < -0.3 is 14.6 Å². The lowest BCUT2D eigenvalue weighted by molar-refractivity contribution is -0.136. The van der Waals surface area contributed by atoms with Gasteiger partial charge in [0.15, 0.2) is 0 Å². The number of aliphatic hydroxyl groups excluding tert-OH is 1. The lowest BCUT2D eigenvalue weighted by Gasteiger charge is -2.29. The maximum Gasteiger partial charge on any atom is 0.255 e. The van der Waals surface area contributed by atoms with E-state index in [1.165, 1.54) is 5.56 Å². The zero-order valence-corrected chi connectivity index (χ0v) is 20.2. The Morgan fingerprint density at radius 3 is 2.67 bits per heavy atom. The van der Waals surface area contributed by atoms with Crippen LogP contribution in [0.3, 0.4) is 0 Å². The van der Waals surface area contributed by atoms with Gasteiger partial charge in [0.2, 0.25) is 11.8 Å². The molecule has 2 fully saturated rings. The number of nitrogens with zero attached hydrogens (tertiary/aromatic N) is 4. The van der Waals surface area contributed by atoms with Crippen LogP contribution < -0.4 is 5.32 Å². The molecular weight excluding hydrogens is 458 g/mol. The van der Waals surface area contributed by atoms with Gasteiger partial charge >= 0.3 is 0 Å². The van der Waals surface area contributed by atoms with Crippen molar-refractivity contribution < 1.29 is 19.5 Å². The highest BCUT2D eigenvalue weighted by Gasteiger charge is 2.39. The molecule has 1 unspecified atom stereocenters. The molecule has 1 aromatic carbocycles. The number of carbonyl (C=O) groups excluding carboxylic acids is 3. The molecule has 2 aromatic heterocycles. The van der Waals surface area contributed by atoms with E-state index in [1.54, 1.807) is 4.90 Å². The Morgan fingerprint density at radius 2 is 1.89 bits per heavy atom. The van der Waals surface area contributed by atoms with E-state index in [9.17, 15) is 19.5 Å². The van der Waals surface area contributed by atoms with Crippen LogP contribution in [0.1, 0.15) is 47.2 Å². The molecular formula is C27H29N5O4. The van der Waals surface area contributed by atoms with E-state index in [0.717, 1.165) is 60.3 Å². The van der Waals surface area contributed by atoms with Crippen LogP contribution in [0, 0.1) is 0 Å². The van der Waals surface area contributed by atoms with Gasteiger partial charge in [-0.15, -0.1) is 0 Å². The van der Waals surface area contributed by atoms with Crippen LogP contribution in [0.15, 0.2) is 36.5 Å². The smallest absolute Gasteiger partial charge is 0.255 e. The van der Waals surface area contributed by atoms with Gasteiger partial charge in [0.25, 0.3) is 5.91 Å². The highest BCUT2D eigenvalue weighted by atomic mass is 16.3. The van der Waals surface area contributed by atoms with Crippen LogP contribution in [-0.2, 0) is 29.7 Å². The minimum absolute atomic E-state index is 0.176. The second-order valence-electron chi connectivity index (χ2n) is 10.1. The van der Waals surface area contributed by atoms with Gasteiger partial charge in [-0.3, -0.25) is 24.6 Å². The summed E-state index contributed by atoms with van der Waals surface area (Å²) in [5.74, 6) is -0.871. The molecule has 3 aliphatic heterocycles. The summed E-state index contributed by atoms with van der Waals surface area (Å²) in [7, 11) is 1.99. The minimum atomic E-state index is -0.626. The lowest BCUT2D eigenvalue weighted by atomic mass is 10.0. The average molecular weight is 488 g/mol. The minimum Gasteiger partial charge on any atom is -0.393 e. The zero-order chi connectivity index (χ0) is 25.0. The second-order valence-corrected chi connectivity index (χ2v) is 10.1. The number of fused-ring (bicyclic) bond motifs is 2. The molecule has 3 aliphatic rings. The number of carbonyl (C=O) groups is 3. The fourth-order valence-corrected chi connectivity index (χ4v) is 5.63. The fraction of sp³-hybridized carbons (Fsp3) is 0.407. The van der Waals surface area contributed by atoms with Crippen molar-refractivity contribution >= 4 is 28.8 Å². The molecule has 3 aromatic rings. The molecule has 0 spiro atoms. The van der Waals surface area contributed by atoms with Gasteiger partial charge in [0.05, 0.1) is 11.8 Å². The molecule has 9 nitrogen and oxygen atoms in total. The molecule has 186 valence electrons. The van der Waals surface area contributed by atoms with E-state index in [2.05, 4.69) is 22.3 Å². The van der Waals surface area contributed by atoms with Gasteiger partial charge in [-0.25, -0.2) is 4.98 Å². The maximum atomic E-state index is 13.1. The molecule has 6 rings (SSSR count). The number of likely N-dealkylation sites (tertiary alicyclic amines) is 1. The first-order valence-electron chi connectivity index (χ1n) is 12.5. The van der Waals surface area contributed by atoms with Crippen molar-refractivity contribution in [1.82, 2.24) is 24.7 Å². The second kappa shape index (κ2) is 8.83. The van der Waals surface area contributed by atoms with Crippen LogP contribution in [0.4, 0.5) is 0 Å². The molecule has 0 radical (unpaired) electrons. The number of nitrogens with one attached hydrogen (secondary N) is 1. The Hall–Kier alpha value is -3.56. The first-order valence-corrected chi connectivity index (χ1v) is 12.5. The largest absolute Gasteiger partial charge is 0.393 e. The highest BCUT2D eigenvalue weighted by molar-refractivity contribution is 6.05. The van der Waals surface area contributed by atoms with Crippen LogP contribution in [0.2, 0.25) is 0 Å². The summed E-state index contributed by atoms with van der Waals surface area (Å²) in [6, 6.07) is 9.34. The molecule has 5 heterocycles. The SMILES string of the molecule is Cn1ccc2c(CN3CCC(O)CC3)cc(-c3ccc4c(c3)CN(C3CCC(=O)NC3=O)C4=O)nc21. The number of piperidine rings is 2. The Bertz CT molecular complexity index is 1390. The number of imide groups is 1. The standard InChI is InChI=1S/C27H29N5O4/c1-30-9-8-20-18(14-31-10-6-19(33)7-11-31)13-22(28-25(20)30)16-2-3-21-17(12-16)15-32(27(21)36)23-4-5-24(34)29-26(23)35/h2-3,8-9,12-13,19,23,33H,4-7,10-11,14-15H2,1H3,(H,29,34,35). The van der Waals surface area contributed by atoms with Gasteiger partial charge in [0.1, 0.15) is 11.7 Å². The third-order valence-corrected chi connectivity index (χ3v) is 7.69. The summed E-state index contributed by atoms with van der Waals surface area (Å²) >= 11 is 0. The predicted molar refractivity (Wildman–Crippen MR) is 133 cm³/mol. The van der Waals surface area contributed by atoms with Gasteiger partial charge in [-0.05, 0) is 54.7 Å². The Kier molecular flexibility index (Phi) is 5.61. The predicted octanol–water partition coefficient (Wildman–Crippen LogP) is 1.96. The number of aryl methyl sites for hydroxylation is 1. The van der Waals surface area contributed by atoms with Crippen LogP contribution >= 0.6 is 0 Å². The van der Waals surface area contributed by atoms with Crippen molar-refractivity contribution in [3.8, 4) is 11.3 Å². The van der Waals surface area contributed by atoms with Crippen molar-refractivity contribution in [2.75, 3.05) is 13.1 Å². The number of benzene rings is 1. The quantitative estimate of drug-likeness (QED) is 0.545. The van der Waals surface area contributed by atoms with Crippen LogP contribution in [0.5, 0.6) is 0 Å². The van der Waals surface area contributed by atoms with E-state index in [0.29, 0.717) is 18.5 Å². The van der Waals surface area contributed by atoms with Crippen molar-refractivity contribution in [3.05, 3.63) is 53.2 Å². The normalized spacial score (nSPS) is 21.3. The first kappa shape index (κ1) is 22.9. The van der Waals surface area contributed by atoms with E-state index in [4.69, 9.17) is 4.98 Å². The number of hydrogen-bond acceptors (Lipinski definition) is 6. The van der Waals surface area contributed by atoms with Gasteiger partial charge in [-0.1, -0.05) is 6.07 Å². The zero-order valence-electron chi connectivity index (χ0n) is 20.2. The number of aliphatic hydroxyl groups is 1.